The number of thioether (sulfide) groups is 1. The van der Waals surface area contributed by atoms with E-state index in [2.05, 4.69) is 10.2 Å². The fourth-order valence-electron chi connectivity index (χ4n) is 2.94. The third-order valence-corrected chi connectivity index (χ3v) is 5.35. The van der Waals surface area contributed by atoms with Gasteiger partial charge < -0.3 is 15.0 Å². The molecule has 1 saturated heterocycles. The molecule has 0 saturated carbocycles. The average Bonchev–Trinajstić information content (AvgIpc) is 2.62. The van der Waals surface area contributed by atoms with Crippen molar-refractivity contribution in [3.63, 3.8) is 0 Å². The van der Waals surface area contributed by atoms with Gasteiger partial charge in [-0.3, -0.25) is 14.5 Å². The lowest BCUT2D eigenvalue weighted by molar-refractivity contribution is -0.116. The fraction of sp³-hybridized carbons (Fsp3) is 0.529. The van der Waals surface area contributed by atoms with Crippen LogP contribution in [0.3, 0.4) is 0 Å². The van der Waals surface area contributed by atoms with Gasteiger partial charge in [-0.15, -0.1) is 11.8 Å². The summed E-state index contributed by atoms with van der Waals surface area (Å²) in [6.07, 6.45) is 0. The Bertz CT molecular complexity index is 617. The minimum atomic E-state index is -0.0925. The van der Waals surface area contributed by atoms with Gasteiger partial charge in [0.15, 0.2) is 0 Å². The Morgan fingerprint density at radius 3 is 2.88 bits per heavy atom. The zero-order valence-corrected chi connectivity index (χ0v) is 14.7. The van der Waals surface area contributed by atoms with E-state index in [1.165, 1.54) is 11.8 Å². The second-order valence-corrected chi connectivity index (χ2v) is 6.84. The van der Waals surface area contributed by atoms with Gasteiger partial charge in [-0.05, 0) is 25.1 Å². The van der Waals surface area contributed by atoms with Crippen molar-refractivity contribution < 1.29 is 14.3 Å². The molecule has 1 aromatic carbocycles. The molecule has 3 rings (SSSR count). The highest BCUT2D eigenvalue weighted by atomic mass is 32.2. The number of hydrogen-bond acceptors (Lipinski definition) is 5. The van der Waals surface area contributed by atoms with Crippen LogP contribution >= 0.6 is 11.8 Å². The van der Waals surface area contributed by atoms with Crippen molar-refractivity contribution in [2.24, 2.45) is 0 Å². The first kappa shape index (κ1) is 17.3. The number of carbonyl (C=O) groups is 2. The number of amides is 2. The highest BCUT2D eigenvalue weighted by molar-refractivity contribution is 8.00. The van der Waals surface area contributed by atoms with Gasteiger partial charge >= 0.3 is 0 Å². The van der Waals surface area contributed by atoms with Crippen LogP contribution in [-0.4, -0.2) is 68.4 Å². The number of carbonyl (C=O) groups excluding carboxylic acids is 2. The lowest BCUT2D eigenvalue weighted by Crippen LogP contribution is -2.41. The first-order valence-electron chi connectivity index (χ1n) is 8.34. The molecular formula is C17H23N3O3S. The number of nitrogens with one attached hydrogen (secondary N) is 1. The molecule has 6 nitrogen and oxygen atoms in total. The summed E-state index contributed by atoms with van der Waals surface area (Å²) in [4.78, 5) is 29.5. The maximum Gasteiger partial charge on any atom is 0.251 e. The van der Waals surface area contributed by atoms with E-state index in [0.29, 0.717) is 24.4 Å². The number of benzene rings is 1. The van der Waals surface area contributed by atoms with Gasteiger partial charge in [0.25, 0.3) is 5.91 Å². The van der Waals surface area contributed by atoms with Crippen LogP contribution in [0.15, 0.2) is 23.1 Å². The Morgan fingerprint density at radius 1 is 1.33 bits per heavy atom. The quantitative estimate of drug-likeness (QED) is 0.866. The van der Waals surface area contributed by atoms with Crippen molar-refractivity contribution in [1.82, 2.24) is 10.2 Å². The van der Waals surface area contributed by atoms with E-state index in [0.717, 1.165) is 43.4 Å². The number of rotatable bonds is 5. The first-order valence-corrected chi connectivity index (χ1v) is 9.33. The summed E-state index contributed by atoms with van der Waals surface area (Å²) in [5, 5.41) is 2.97. The van der Waals surface area contributed by atoms with E-state index >= 15 is 0 Å². The molecular weight excluding hydrogens is 326 g/mol. The summed E-state index contributed by atoms with van der Waals surface area (Å²) in [7, 11) is 0. The van der Waals surface area contributed by atoms with Crippen LogP contribution in [0.25, 0.3) is 0 Å². The Labute approximate surface area is 146 Å². The summed E-state index contributed by atoms with van der Waals surface area (Å²) in [5.74, 6) is 0.469. The number of morpholine rings is 1. The number of anilines is 1. The number of fused-ring (bicyclic) bond motifs is 1. The summed E-state index contributed by atoms with van der Waals surface area (Å²) < 4.78 is 5.32. The summed E-state index contributed by atoms with van der Waals surface area (Å²) in [6.45, 7) is 7.37. The van der Waals surface area contributed by atoms with E-state index in [1.807, 2.05) is 25.1 Å². The van der Waals surface area contributed by atoms with Gasteiger partial charge in [0.05, 0.1) is 24.7 Å². The van der Waals surface area contributed by atoms with Crippen LogP contribution in [-0.2, 0) is 9.53 Å². The van der Waals surface area contributed by atoms with Gasteiger partial charge in [0.1, 0.15) is 0 Å². The molecule has 1 aromatic rings. The molecule has 0 atom stereocenters. The van der Waals surface area contributed by atoms with Gasteiger partial charge in [-0.1, -0.05) is 0 Å². The van der Waals surface area contributed by atoms with Crippen LogP contribution in [0.5, 0.6) is 0 Å². The molecule has 7 heteroatoms. The third kappa shape index (κ3) is 3.91. The molecule has 1 N–H and O–H groups in total. The lowest BCUT2D eigenvalue weighted by atomic mass is 10.1. The molecule has 0 radical (unpaired) electrons. The minimum absolute atomic E-state index is 0.0925. The Morgan fingerprint density at radius 2 is 2.12 bits per heavy atom. The van der Waals surface area contributed by atoms with Crippen LogP contribution in [0.1, 0.15) is 17.3 Å². The largest absolute Gasteiger partial charge is 0.379 e. The zero-order chi connectivity index (χ0) is 16.9. The van der Waals surface area contributed by atoms with E-state index < -0.39 is 0 Å². The monoisotopic (exact) mass is 349 g/mol. The maximum atomic E-state index is 12.4. The number of nitrogens with zero attached hydrogens (tertiary/aromatic N) is 2. The Kier molecular flexibility index (Phi) is 5.76. The molecule has 0 aliphatic carbocycles. The highest BCUT2D eigenvalue weighted by Gasteiger charge is 2.24. The van der Waals surface area contributed by atoms with Gasteiger partial charge in [-0.25, -0.2) is 0 Å². The van der Waals surface area contributed by atoms with Crippen molar-refractivity contribution in [3.8, 4) is 0 Å². The van der Waals surface area contributed by atoms with Crippen LogP contribution in [0.4, 0.5) is 5.69 Å². The summed E-state index contributed by atoms with van der Waals surface area (Å²) in [6, 6.07) is 5.60. The molecule has 0 bridgehead atoms. The Hall–Kier alpha value is -1.57. The molecule has 2 amide bonds. The first-order chi connectivity index (χ1) is 11.7. The molecule has 24 heavy (non-hydrogen) atoms. The standard InChI is InChI=1S/C17H23N3O3S/c1-2-20-14-11-13(3-4-15(14)24-12-16(20)21)17(22)18-5-6-19-7-9-23-10-8-19/h3-4,11H,2,5-10,12H2,1H3,(H,18,22). The van der Waals surface area contributed by atoms with E-state index in [1.54, 1.807) is 4.90 Å². The summed E-state index contributed by atoms with van der Waals surface area (Å²) >= 11 is 1.53. The highest BCUT2D eigenvalue weighted by Crippen LogP contribution is 2.35. The zero-order valence-electron chi connectivity index (χ0n) is 13.9. The smallest absolute Gasteiger partial charge is 0.251 e. The molecule has 0 spiro atoms. The van der Waals surface area contributed by atoms with Crippen LogP contribution in [0, 0.1) is 0 Å². The Balaban J connectivity index is 1.61. The summed E-state index contributed by atoms with van der Waals surface area (Å²) in [5.41, 5.74) is 1.45. The number of hydrogen-bond donors (Lipinski definition) is 1. The number of ether oxygens (including phenoxy) is 1. The second-order valence-electron chi connectivity index (χ2n) is 5.82. The molecule has 2 aliphatic rings. The normalized spacial score (nSPS) is 18.4. The second kappa shape index (κ2) is 8.00. The van der Waals surface area contributed by atoms with Crippen molar-refractivity contribution in [2.75, 3.05) is 56.6 Å². The van der Waals surface area contributed by atoms with Crippen LogP contribution in [0.2, 0.25) is 0 Å². The SMILES string of the molecule is CCN1C(=O)CSc2ccc(C(=O)NCCN3CCOCC3)cc21. The molecule has 130 valence electrons. The van der Waals surface area contributed by atoms with E-state index in [4.69, 9.17) is 4.74 Å². The van der Waals surface area contributed by atoms with Crippen molar-refractivity contribution in [1.29, 1.82) is 0 Å². The molecule has 2 heterocycles. The maximum absolute atomic E-state index is 12.4. The van der Waals surface area contributed by atoms with Crippen molar-refractivity contribution in [2.45, 2.75) is 11.8 Å². The van der Waals surface area contributed by atoms with Gasteiger partial charge in [0, 0.05) is 43.2 Å². The van der Waals surface area contributed by atoms with Gasteiger partial charge in [-0.2, -0.15) is 0 Å². The van der Waals surface area contributed by atoms with E-state index in [-0.39, 0.29) is 11.8 Å². The predicted octanol–water partition coefficient (Wildman–Crippen LogP) is 1.21. The minimum Gasteiger partial charge on any atom is -0.379 e. The van der Waals surface area contributed by atoms with Crippen LogP contribution < -0.4 is 10.2 Å². The topological polar surface area (TPSA) is 61.9 Å². The van der Waals surface area contributed by atoms with Gasteiger partial charge in [0.2, 0.25) is 5.91 Å². The molecule has 2 aliphatic heterocycles. The lowest BCUT2D eigenvalue weighted by Gasteiger charge is -2.28. The third-order valence-electron chi connectivity index (χ3n) is 4.30. The van der Waals surface area contributed by atoms with Crippen molar-refractivity contribution >= 4 is 29.3 Å². The molecule has 0 unspecified atom stereocenters. The predicted molar refractivity (Wildman–Crippen MR) is 94.8 cm³/mol. The molecule has 0 aromatic heterocycles. The van der Waals surface area contributed by atoms with E-state index in [9.17, 15) is 9.59 Å². The van der Waals surface area contributed by atoms with Crippen molar-refractivity contribution in [3.05, 3.63) is 23.8 Å². The fourth-order valence-corrected chi connectivity index (χ4v) is 3.86. The molecule has 1 fully saturated rings. The average molecular weight is 349 g/mol.